The molecule has 1 aliphatic carbocycles. The Labute approximate surface area is 123 Å². The number of carbonyl (C=O) groups excluding carboxylic acids is 1. The number of hydrogen-bond acceptors (Lipinski definition) is 3. The van der Waals surface area contributed by atoms with E-state index in [0.717, 1.165) is 24.8 Å². The van der Waals surface area contributed by atoms with Crippen LogP contribution in [0.2, 0.25) is 0 Å². The first-order chi connectivity index (χ1) is 10.1. The highest BCUT2D eigenvalue weighted by Crippen LogP contribution is 2.24. The van der Waals surface area contributed by atoms with E-state index < -0.39 is 5.97 Å². The summed E-state index contributed by atoms with van der Waals surface area (Å²) in [6.07, 6.45) is 2.45. The van der Waals surface area contributed by atoms with Gasteiger partial charge in [0, 0.05) is 19.0 Å². The smallest absolute Gasteiger partial charge is 0.335 e. The zero-order valence-corrected chi connectivity index (χ0v) is 11.7. The molecule has 2 amide bonds. The number of carboxylic acids is 1. The van der Waals surface area contributed by atoms with Gasteiger partial charge in [0.15, 0.2) is 0 Å². The van der Waals surface area contributed by atoms with Gasteiger partial charge in [0.25, 0.3) is 0 Å². The van der Waals surface area contributed by atoms with Crippen LogP contribution in [0.4, 0.5) is 4.79 Å². The number of hydrogen-bond donors (Lipinski definition) is 4. The first kappa shape index (κ1) is 15.3. The molecule has 0 aliphatic heterocycles. The molecule has 114 valence electrons. The van der Waals surface area contributed by atoms with Crippen LogP contribution in [0.15, 0.2) is 24.3 Å². The van der Waals surface area contributed by atoms with E-state index in [1.807, 2.05) is 0 Å². The minimum Gasteiger partial charge on any atom is -0.478 e. The van der Waals surface area contributed by atoms with Crippen LogP contribution in [0.5, 0.6) is 0 Å². The molecule has 4 N–H and O–H groups in total. The number of benzene rings is 1. The summed E-state index contributed by atoms with van der Waals surface area (Å²) >= 11 is 0. The maximum atomic E-state index is 11.7. The normalized spacial score (nSPS) is 21.0. The first-order valence-electron chi connectivity index (χ1n) is 7.08. The Morgan fingerprint density at radius 1 is 1.14 bits per heavy atom. The van der Waals surface area contributed by atoms with Gasteiger partial charge in [0.05, 0.1) is 11.7 Å². The number of carboxylic acid groups (broad SMARTS) is 1. The van der Waals surface area contributed by atoms with Crippen molar-refractivity contribution < 1.29 is 19.8 Å². The van der Waals surface area contributed by atoms with E-state index in [-0.39, 0.29) is 23.6 Å². The predicted molar refractivity (Wildman–Crippen MR) is 77.0 cm³/mol. The van der Waals surface area contributed by atoms with Gasteiger partial charge >= 0.3 is 12.0 Å². The Morgan fingerprint density at radius 3 is 2.43 bits per heavy atom. The summed E-state index contributed by atoms with van der Waals surface area (Å²) in [4.78, 5) is 22.4. The zero-order chi connectivity index (χ0) is 15.2. The number of aliphatic hydroxyl groups is 1. The summed E-state index contributed by atoms with van der Waals surface area (Å²) in [7, 11) is 0. The first-order valence-corrected chi connectivity index (χ1v) is 7.08. The lowest BCUT2D eigenvalue weighted by Crippen LogP contribution is -2.39. The molecule has 2 unspecified atom stereocenters. The lowest BCUT2D eigenvalue weighted by molar-refractivity contribution is 0.0696. The summed E-state index contributed by atoms with van der Waals surface area (Å²) in [5.74, 6) is -0.826. The number of aromatic carboxylic acids is 1. The van der Waals surface area contributed by atoms with Crippen molar-refractivity contribution in [2.75, 3.05) is 6.54 Å². The van der Waals surface area contributed by atoms with Crippen molar-refractivity contribution >= 4 is 12.0 Å². The average molecular weight is 292 g/mol. The Kier molecular flexibility index (Phi) is 5.16. The fourth-order valence-electron chi connectivity index (χ4n) is 2.49. The van der Waals surface area contributed by atoms with Gasteiger partial charge in [-0.1, -0.05) is 18.6 Å². The van der Waals surface area contributed by atoms with Crippen molar-refractivity contribution in [2.45, 2.75) is 31.9 Å². The van der Waals surface area contributed by atoms with Gasteiger partial charge in [0.1, 0.15) is 0 Å². The number of aliphatic hydroxyl groups excluding tert-OH is 1. The monoisotopic (exact) mass is 292 g/mol. The second kappa shape index (κ2) is 7.08. The van der Waals surface area contributed by atoms with Crippen LogP contribution in [-0.4, -0.2) is 34.9 Å². The van der Waals surface area contributed by atoms with Crippen molar-refractivity contribution in [2.24, 2.45) is 5.92 Å². The van der Waals surface area contributed by atoms with Gasteiger partial charge in [-0.2, -0.15) is 0 Å². The second-order valence-electron chi connectivity index (χ2n) is 5.32. The third-order valence-corrected chi connectivity index (χ3v) is 3.80. The Bertz CT molecular complexity index is 501. The van der Waals surface area contributed by atoms with Crippen molar-refractivity contribution in [1.82, 2.24) is 10.6 Å². The van der Waals surface area contributed by atoms with Crippen LogP contribution >= 0.6 is 0 Å². The van der Waals surface area contributed by atoms with Crippen molar-refractivity contribution in [3.63, 3.8) is 0 Å². The highest BCUT2D eigenvalue weighted by molar-refractivity contribution is 5.87. The number of urea groups is 1. The van der Waals surface area contributed by atoms with Gasteiger partial charge in [-0.25, -0.2) is 9.59 Å². The molecule has 2 rings (SSSR count). The summed E-state index contributed by atoms with van der Waals surface area (Å²) in [5, 5.41) is 23.9. The van der Waals surface area contributed by atoms with E-state index in [4.69, 9.17) is 5.11 Å². The van der Waals surface area contributed by atoms with E-state index in [2.05, 4.69) is 10.6 Å². The molecule has 1 aliphatic rings. The van der Waals surface area contributed by atoms with Gasteiger partial charge < -0.3 is 20.8 Å². The third-order valence-electron chi connectivity index (χ3n) is 3.80. The molecule has 1 aromatic rings. The molecule has 2 atom stereocenters. The van der Waals surface area contributed by atoms with Gasteiger partial charge in [-0.05, 0) is 30.5 Å². The van der Waals surface area contributed by atoms with E-state index >= 15 is 0 Å². The highest BCUT2D eigenvalue weighted by atomic mass is 16.4. The maximum Gasteiger partial charge on any atom is 0.335 e. The van der Waals surface area contributed by atoms with Crippen molar-refractivity contribution in [3.05, 3.63) is 35.4 Å². The van der Waals surface area contributed by atoms with Crippen molar-refractivity contribution in [3.8, 4) is 0 Å². The van der Waals surface area contributed by atoms with E-state index in [0.29, 0.717) is 13.1 Å². The Balaban J connectivity index is 1.72. The molecule has 1 aromatic carbocycles. The molecule has 0 aromatic heterocycles. The summed E-state index contributed by atoms with van der Waals surface area (Å²) in [6, 6.07) is 6.07. The highest BCUT2D eigenvalue weighted by Gasteiger charge is 2.25. The number of nitrogens with one attached hydrogen (secondary N) is 2. The topological polar surface area (TPSA) is 98.7 Å². The van der Waals surface area contributed by atoms with Crippen LogP contribution < -0.4 is 10.6 Å². The minimum atomic E-state index is -0.970. The quantitative estimate of drug-likeness (QED) is 0.658. The molecule has 0 bridgehead atoms. The van der Waals surface area contributed by atoms with Crippen molar-refractivity contribution in [1.29, 1.82) is 0 Å². The fourth-order valence-corrected chi connectivity index (χ4v) is 2.49. The lowest BCUT2D eigenvalue weighted by Gasteiger charge is -2.15. The molecular weight excluding hydrogens is 272 g/mol. The molecule has 0 heterocycles. The van der Waals surface area contributed by atoms with E-state index in [1.165, 1.54) is 12.1 Å². The Hall–Kier alpha value is -2.08. The largest absolute Gasteiger partial charge is 0.478 e. The molecule has 6 nitrogen and oxygen atoms in total. The van der Waals surface area contributed by atoms with E-state index in [1.54, 1.807) is 12.1 Å². The van der Waals surface area contributed by atoms with Crippen LogP contribution in [0.1, 0.15) is 35.2 Å². The third kappa shape index (κ3) is 4.46. The standard InChI is InChI=1S/C15H20N2O4/c18-13-3-1-2-12(13)9-17-15(21)16-8-10-4-6-11(7-5-10)14(19)20/h4-7,12-13,18H,1-3,8-9H2,(H,19,20)(H2,16,17,21). The van der Waals surface area contributed by atoms with Gasteiger partial charge in [-0.3, -0.25) is 0 Å². The van der Waals surface area contributed by atoms with Crippen LogP contribution in [0, 0.1) is 5.92 Å². The molecule has 0 spiro atoms. The second-order valence-corrected chi connectivity index (χ2v) is 5.32. The molecule has 0 saturated heterocycles. The summed E-state index contributed by atoms with van der Waals surface area (Å²) in [5.41, 5.74) is 1.05. The lowest BCUT2D eigenvalue weighted by atomic mass is 10.1. The SMILES string of the molecule is O=C(NCc1ccc(C(=O)O)cc1)NCC1CCCC1O. The molecule has 6 heteroatoms. The summed E-state index contributed by atoms with van der Waals surface area (Å²) < 4.78 is 0. The number of rotatable bonds is 5. The number of carbonyl (C=O) groups is 2. The summed E-state index contributed by atoms with van der Waals surface area (Å²) in [6.45, 7) is 0.809. The average Bonchev–Trinajstić information content (AvgIpc) is 2.88. The zero-order valence-electron chi connectivity index (χ0n) is 11.7. The van der Waals surface area contributed by atoms with Crippen LogP contribution in [0.25, 0.3) is 0 Å². The fraction of sp³-hybridized carbons (Fsp3) is 0.467. The Morgan fingerprint density at radius 2 is 1.86 bits per heavy atom. The van der Waals surface area contributed by atoms with E-state index in [9.17, 15) is 14.7 Å². The number of amides is 2. The molecule has 21 heavy (non-hydrogen) atoms. The minimum absolute atomic E-state index is 0.144. The molecule has 0 radical (unpaired) electrons. The molecule has 1 saturated carbocycles. The predicted octanol–water partition coefficient (Wildman–Crippen LogP) is 1.35. The van der Waals surface area contributed by atoms with Crippen LogP contribution in [-0.2, 0) is 6.54 Å². The molecule has 1 fully saturated rings. The van der Waals surface area contributed by atoms with Gasteiger partial charge in [0.2, 0.25) is 0 Å². The van der Waals surface area contributed by atoms with Crippen LogP contribution in [0.3, 0.4) is 0 Å². The molecular formula is C15H20N2O4. The van der Waals surface area contributed by atoms with Gasteiger partial charge in [-0.15, -0.1) is 0 Å². The maximum absolute atomic E-state index is 11.7.